The van der Waals surface area contributed by atoms with Crippen LogP contribution in [0.2, 0.25) is 0 Å². The molecule has 0 aliphatic carbocycles. The number of aromatic nitrogens is 1. The van der Waals surface area contributed by atoms with Crippen LogP contribution in [0.1, 0.15) is 24.5 Å². The third-order valence-corrected chi connectivity index (χ3v) is 3.03. The molecule has 1 aromatic heterocycles. The zero-order chi connectivity index (χ0) is 14.4. The highest BCUT2D eigenvalue weighted by Gasteiger charge is 1.99. The van der Waals surface area contributed by atoms with Crippen LogP contribution in [0.5, 0.6) is 0 Å². The highest BCUT2D eigenvalue weighted by atomic mass is 16.1. The Kier molecular flexibility index (Phi) is 4.56. The van der Waals surface area contributed by atoms with Crippen molar-refractivity contribution in [3.05, 3.63) is 64.1 Å². The van der Waals surface area contributed by atoms with Gasteiger partial charge in [-0.3, -0.25) is 4.79 Å². The number of hydrogen-bond acceptors (Lipinski definition) is 3. The van der Waals surface area contributed by atoms with Gasteiger partial charge >= 0.3 is 0 Å². The molecule has 0 fully saturated rings. The Hall–Kier alpha value is -2.54. The molecule has 0 aliphatic rings. The minimum absolute atomic E-state index is 0.0239. The van der Waals surface area contributed by atoms with Crippen LogP contribution in [0.15, 0.2) is 47.4 Å². The monoisotopic (exact) mass is 267 g/mol. The second-order valence-electron chi connectivity index (χ2n) is 4.61. The normalized spacial score (nSPS) is 10.0. The van der Waals surface area contributed by atoms with Crippen LogP contribution in [-0.4, -0.2) is 4.57 Å². The Balaban J connectivity index is 2.04. The van der Waals surface area contributed by atoms with Gasteiger partial charge in [0.05, 0.1) is 17.3 Å². The van der Waals surface area contributed by atoms with E-state index < -0.39 is 0 Å². The number of benzene rings is 1. The van der Waals surface area contributed by atoms with E-state index in [0.717, 1.165) is 24.2 Å². The number of anilines is 1. The van der Waals surface area contributed by atoms with Gasteiger partial charge in [-0.25, -0.2) is 0 Å². The van der Waals surface area contributed by atoms with Crippen molar-refractivity contribution in [2.24, 2.45) is 0 Å². The average Bonchev–Trinajstić information content (AvgIpc) is 2.49. The first kappa shape index (κ1) is 13.9. The summed E-state index contributed by atoms with van der Waals surface area (Å²) in [6.07, 6.45) is 2.77. The molecule has 0 saturated carbocycles. The standard InChI is InChI=1S/C16H17N3O/c1-2-9-19-12-15(7-8-16(19)20)18-11-14-5-3-13(10-17)4-6-14/h3-8,12,18H,2,9,11H2,1H3. The molecule has 1 heterocycles. The smallest absolute Gasteiger partial charge is 0.250 e. The van der Waals surface area contributed by atoms with Crippen molar-refractivity contribution in [2.75, 3.05) is 5.32 Å². The highest BCUT2D eigenvalue weighted by Crippen LogP contribution is 2.08. The largest absolute Gasteiger partial charge is 0.380 e. The van der Waals surface area contributed by atoms with Gasteiger partial charge in [-0.15, -0.1) is 0 Å². The maximum Gasteiger partial charge on any atom is 0.250 e. The number of nitriles is 1. The van der Waals surface area contributed by atoms with Gasteiger partial charge in [0.15, 0.2) is 0 Å². The summed E-state index contributed by atoms with van der Waals surface area (Å²) in [5.74, 6) is 0. The number of pyridine rings is 1. The molecule has 0 radical (unpaired) electrons. The molecule has 102 valence electrons. The molecule has 4 nitrogen and oxygen atoms in total. The van der Waals surface area contributed by atoms with Gasteiger partial charge in [-0.05, 0) is 30.2 Å². The minimum atomic E-state index is 0.0239. The van der Waals surface area contributed by atoms with Crippen LogP contribution < -0.4 is 10.9 Å². The Morgan fingerprint density at radius 1 is 1.20 bits per heavy atom. The van der Waals surface area contributed by atoms with Crippen LogP contribution in [-0.2, 0) is 13.1 Å². The van der Waals surface area contributed by atoms with Crippen LogP contribution in [0.3, 0.4) is 0 Å². The lowest BCUT2D eigenvalue weighted by Crippen LogP contribution is -2.18. The van der Waals surface area contributed by atoms with Gasteiger partial charge in [0, 0.05) is 25.4 Å². The van der Waals surface area contributed by atoms with Gasteiger partial charge in [0.2, 0.25) is 0 Å². The van der Waals surface area contributed by atoms with Crippen molar-refractivity contribution in [3.63, 3.8) is 0 Å². The summed E-state index contributed by atoms with van der Waals surface area (Å²) in [6.45, 7) is 3.44. The fraction of sp³-hybridized carbons (Fsp3) is 0.250. The number of rotatable bonds is 5. The molecular formula is C16H17N3O. The second kappa shape index (κ2) is 6.58. The zero-order valence-corrected chi connectivity index (χ0v) is 11.5. The first-order valence-corrected chi connectivity index (χ1v) is 6.66. The Bertz CT molecular complexity index is 665. The SMILES string of the molecule is CCCn1cc(NCc2ccc(C#N)cc2)ccc1=O. The van der Waals surface area contributed by atoms with Crippen molar-refractivity contribution in [2.45, 2.75) is 26.4 Å². The summed E-state index contributed by atoms with van der Waals surface area (Å²) in [5.41, 5.74) is 2.70. The molecule has 0 bridgehead atoms. The molecule has 4 heteroatoms. The van der Waals surface area contributed by atoms with Crippen molar-refractivity contribution in [3.8, 4) is 6.07 Å². The van der Waals surface area contributed by atoms with Gasteiger partial charge in [-0.2, -0.15) is 5.26 Å². The average molecular weight is 267 g/mol. The Morgan fingerprint density at radius 2 is 1.95 bits per heavy atom. The van der Waals surface area contributed by atoms with Crippen molar-refractivity contribution in [1.29, 1.82) is 5.26 Å². The Labute approximate surface area is 118 Å². The molecule has 2 rings (SSSR count). The summed E-state index contributed by atoms with van der Waals surface area (Å²) in [6, 6.07) is 12.9. The quantitative estimate of drug-likeness (QED) is 0.906. The lowest BCUT2D eigenvalue weighted by Gasteiger charge is -2.09. The van der Waals surface area contributed by atoms with Crippen LogP contribution in [0.4, 0.5) is 5.69 Å². The van der Waals surface area contributed by atoms with E-state index in [2.05, 4.69) is 11.4 Å². The van der Waals surface area contributed by atoms with E-state index in [0.29, 0.717) is 12.1 Å². The van der Waals surface area contributed by atoms with E-state index in [-0.39, 0.29) is 5.56 Å². The maximum atomic E-state index is 11.6. The molecule has 0 atom stereocenters. The van der Waals surface area contributed by atoms with E-state index in [1.54, 1.807) is 28.8 Å². The van der Waals surface area contributed by atoms with Gasteiger partial charge in [0.25, 0.3) is 5.56 Å². The Morgan fingerprint density at radius 3 is 2.60 bits per heavy atom. The summed E-state index contributed by atoms with van der Waals surface area (Å²) < 4.78 is 1.71. The third kappa shape index (κ3) is 3.48. The zero-order valence-electron chi connectivity index (χ0n) is 11.5. The molecule has 0 spiro atoms. The molecule has 1 aromatic carbocycles. The fourth-order valence-electron chi connectivity index (χ4n) is 1.95. The molecule has 20 heavy (non-hydrogen) atoms. The van der Waals surface area contributed by atoms with Crippen molar-refractivity contribution < 1.29 is 0 Å². The number of nitrogens with one attached hydrogen (secondary N) is 1. The molecule has 0 saturated heterocycles. The molecule has 0 amide bonds. The third-order valence-electron chi connectivity index (χ3n) is 3.03. The maximum absolute atomic E-state index is 11.6. The first-order valence-electron chi connectivity index (χ1n) is 6.66. The van der Waals surface area contributed by atoms with Gasteiger partial charge in [-0.1, -0.05) is 19.1 Å². The molecule has 1 N–H and O–H groups in total. The van der Waals surface area contributed by atoms with Crippen LogP contribution >= 0.6 is 0 Å². The van der Waals surface area contributed by atoms with Gasteiger partial charge in [0.1, 0.15) is 0 Å². The van der Waals surface area contributed by atoms with Crippen LogP contribution in [0, 0.1) is 11.3 Å². The fourth-order valence-corrected chi connectivity index (χ4v) is 1.95. The molecule has 0 unspecified atom stereocenters. The summed E-state index contributed by atoms with van der Waals surface area (Å²) in [5, 5.41) is 12.0. The van der Waals surface area contributed by atoms with E-state index in [1.807, 2.05) is 25.3 Å². The lowest BCUT2D eigenvalue weighted by atomic mass is 10.1. The van der Waals surface area contributed by atoms with E-state index >= 15 is 0 Å². The first-order chi connectivity index (χ1) is 9.72. The predicted molar refractivity (Wildman–Crippen MR) is 79.5 cm³/mol. The van der Waals surface area contributed by atoms with E-state index in [1.165, 1.54) is 0 Å². The summed E-state index contributed by atoms with van der Waals surface area (Å²) >= 11 is 0. The summed E-state index contributed by atoms with van der Waals surface area (Å²) in [7, 11) is 0. The van der Waals surface area contributed by atoms with Crippen LogP contribution in [0.25, 0.3) is 0 Å². The highest BCUT2D eigenvalue weighted by molar-refractivity contribution is 5.41. The second-order valence-corrected chi connectivity index (χ2v) is 4.61. The van der Waals surface area contributed by atoms with Gasteiger partial charge < -0.3 is 9.88 Å². The van der Waals surface area contributed by atoms with E-state index in [9.17, 15) is 4.79 Å². The topological polar surface area (TPSA) is 57.8 Å². The molecule has 2 aromatic rings. The number of nitrogens with zero attached hydrogens (tertiary/aromatic N) is 2. The van der Waals surface area contributed by atoms with Crippen molar-refractivity contribution >= 4 is 5.69 Å². The molecule has 0 aliphatic heterocycles. The lowest BCUT2D eigenvalue weighted by molar-refractivity contribution is 0.655. The number of aryl methyl sites for hydroxylation is 1. The predicted octanol–water partition coefficient (Wildman–Crippen LogP) is 2.74. The minimum Gasteiger partial charge on any atom is -0.380 e. The molecular weight excluding hydrogens is 250 g/mol. The van der Waals surface area contributed by atoms with E-state index in [4.69, 9.17) is 5.26 Å². The van der Waals surface area contributed by atoms with Crippen molar-refractivity contribution in [1.82, 2.24) is 4.57 Å². The number of hydrogen-bond donors (Lipinski definition) is 1. The summed E-state index contributed by atoms with van der Waals surface area (Å²) in [4.78, 5) is 11.6.